The Hall–Kier alpha value is -1.48. The maximum atomic E-state index is 10.1. The summed E-state index contributed by atoms with van der Waals surface area (Å²) in [6, 6.07) is 6.55. The lowest BCUT2D eigenvalue weighted by Crippen LogP contribution is -2.21. The summed E-state index contributed by atoms with van der Waals surface area (Å²) >= 11 is 0. The zero-order valence-corrected chi connectivity index (χ0v) is 11.6. The van der Waals surface area contributed by atoms with E-state index in [9.17, 15) is 5.11 Å². The van der Waals surface area contributed by atoms with Crippen LogP contribution in [-0.4, -0.2) is 15.7 Å². The Morgan fingerprint density at radius 2 is 1.94 bits per heavy atom. The fraction of sp³-hybridized carbons (Fsp3) is 0.467. The molecule has 2 N–H and O–H groups in total. The molecule has 0 aliphatic heterocycles. The van der Waals surface area contributed by atoms with Crippen molar-refractivity contribution in [1.82, 2.24) is 9.88 Å². The molecule has 0 saturated carbocycles. The van der Waals surface area contributed by atoms with Crippen molar-refractivity contribution in [2.24, 2.45) is 0 Å². The van der Waals surface area contributed by atoms with Crippen LogP contribution in [0.5, 0.6) is 5.75 Å². The lowest BCUT2D eigenvalue weighted by atomic mass is 10.1. The van der Waals surface area contributed by atoms with Gasteiger partial charge in [0.25, 0.3) is 0 Å². The van der Waals surface area contributed by atoms with Crippen LogP contribution in [0, 0.1) is 0 Å². The fourth-order valence-corrected chi connectivity index (χ4v) is 2.25. The van der Waals surface area contributed by atoms with Crippen molar-refractivity contribution < 1.29 is 5.11 Å². The Morgan fingerprint density at radius 1 is 1.22 bits per heavy atom. The van der Waals surface area contributed by atoms with Gasteiger partial charge in [0.1, 0.15) is 5.75 Å². The van der Waals surface area contributed by atoms with E-state index < -0.39 is 0 Å². The van der Waals surface area contributed by atoms with Crippen LogP contribution < -0.4 is 5.32 Å². The third-order valence-corrected chi connectivity index (χ3v) is 3.17. The summed E-state index contributed by atoms with van der Waals surface area (Å²) < 4.78 is 2.21. The molecular formula is C15H22N2O. The highest BCUT2D eigenvalue weighted by molar-refractivity contribution is 5.89. The van der Waals surface area contributed by atoms with Gasteiger partial charge in [0.05, 0.1) is 5.52 Å². The van der Waals surface area contributed by atoms with Gasteiger partial charge in [0.15, 0.2) is 0 Å². The summed E-state index contributed by atoms with van der Waals surface area (Å²) in [5.74, 6) is 0.368. The number of aromatic nitrogens is 1. The molecule has 1 heterocycles. The smallest absolute Gasteiger partial charge is 0.125 e. The van der Waals surface area contributed by atoms with Gasteiger partial charge in [-0.25, -0.2) is 0 Å². The van der Waals surface area contributed by atoms with Gasteiger partial charge in [-0.2, -0.15) is 0 Å². The minimum atomic E-state index is 0.368. The Labute approximate surface area is 108 Å². The molecule has 0 fully saturated rings. The highest BCUT2D eigenvalue weighted by atomic mass is 16.3. The molecule has 1 aromatic heterocycles. The van der Waals surface area contributed by atoms with Crippen LogP contribution in [0.3, 0.4) is 0 Å². The van der Waals surface area contributed by atoms with Crippen molar-refractivity contribution in [3.8, 4) is 5.75 Å². The van der Waals surface area contributed by atoms with Gasteiger partial charge < -0.3 is 15.0 Å². The van der Waals surface area contributed by atoms with Crippen molar-refractivity contribution in [1.29, 1.82) is 0 Å². The number of nitrogens with zero attached hydrogens (tertiary/aromatic N) is 1. The highest BCUT2D eigenvalue weighted by Crippen LogP contribution is 2.31. The van der Waals surface area contributed by atoms with E-state index in [2.05, 4.69) is 49.8 Å². The third kappa shape index (κ3) is 2.36. The number of fused-ring (bicyclic) bond motifs is 1. The average molecular weight is 246 g/mol. The van der Waals surface area contributed by atoms with Crippen LogP contribution in [-0.2, 0) is 6.54 Å². The predicted molar refractivity (Wildman–Crippen MR) is 76.0 cm³/mol. The minimum absolute atomic E-state index is 0.368. The maximum Gasteiger partial charge on any atom is 0.125 e. The Bertz CT molecular complexity index is 541. The van der Waals surface area contributed by atoms with Gasteiger partial charge in [0.2, 0.25) is 0 Å². The first-order valence-corrected chi connectivity index (χ1v) is 6.55. The zero-order chi connectivity index (χ0) is 13.3. The van der Waals surface area contributed by atoms with E-state index in [1.165, 1.54) is 0 Å². The second kappa shape index (κ2) is 5.02. The number of phenolic OH excluding ortho intramolecular Hbond substituents is 1. The lowest BCUT2D eigenvalue weighted by Gasteiger charge is -2.08. The number of hydrogen-bond acceptors (Lipinski definition) is 2. The Kier molecular flexibility index (Phi) is 3.62. The second-order valence-corrected chi connectivity index (χ2v) is 5.36. The molecule has 0 atom stereocenters. The number of nitrogens with one attached hydrogen (secondary N) is 1. The van der Waals surface area contributed by atoms with E-state index >= 15 is 0 Å². The number of phenols is 1. The number of hydrogen-bond donors (Lipinski definition) is 2. The quantitative estimate of drug-likeness (QED) is 0.867. The Morgan fingerprint density at radius 3 is 2.56 bits per heavy atom. The molecule has 3 nitrogen and oxygen atoms in total. The van der Waals surface area contributed by atoms with E-state index in [1.54, 1.807) is 6.07 Å². The van der Waals surface area contributed by atoms with E-state index in [0.717, 1.165) is 23.0 Å². The van der Waals surface area contributed by atoms with Gasteiger partial charge in [0, 0.05) is 30.2 Å². The van der Waals surface area contributed by atoms with Crippen molar-refractivity contribution in [3.63, 3.8) is 0 Å². The maximum absolute atomic E-state index is 10.1. The summed E-state index contributed by atoms with van der Waals surface area (Å²) in [5.41, 5.74) is 2.26. The van der Waals surface area contributed by atoms with Crippen LogP contribution in [0.15, 0.2) is 24.4 Å². The average Bonchev–Trinajstić information content (AvgIpc) is 2.67. The van der Waals surface area contributed by atoms with Gasteiger partial charge in [-0.15, -0.1) is 0 Å². The van der Waals surface area contributed by atoms with Crippen LogP contribution in [0.4, 0.5) is 0 Å². The first kappa shape index (κ1) is 13.0. The zero-order valence-electron chi connectivity index (χ0n) is 11.6. The summed E-state index contributed by atoms with van der Waals surface area (Å²) in [7, 11) is 0. The van der Waals surface area contributed by atoms with Gasteiger partial charge in [-0.3, -0.25) is 0 Å². The summed E-state index contributed by atoms with van der Waals surface area (Å²) in [5, 5.41) is 14.5. The van der Waals surface area contributed by atoms with Crippen LogP contribution >= 0.6 is 0 Å². The van der Waals surface area contributed by atoms with E-state index in [-0.39, 0.29) is 0 Å². The van der Waals surface area contributed by atoms with Crippen molar-refractivity contribution >= 4 is 10.9 Å². The predicted octanol–water partition coefficient (Wildman–Crippen LogP) is 3.43. The monoisotopic (exact) mass is 246 g/mol. The van der Waals surface area contributed by atoms with E-state index in [0.29, 0.717) is 17.8 Å². The molecule has 0 radical (unpaired) electrons. The first-order valence-electron chi connectivity index (χ1n) is 6.55. The topological polar surface area (TPSA) is 37.2 Å². The molecule has 0 spiro atoms. The van der Waals surface area contributed by atoms with Gasteiger partial charge in [-0.1, -0.05) is 19.9 Å². The molecule has 98 valence electrons. The highest BCUT2D eigenvalue weighted by Gasteiger charge is 2.13. The molecule has 0 unspecified atom stereocenters. The largest absolute Gasteiger partial charge is 0.507 e. The minimum Gasteiger partial charge on any atom is -0.507 e. The number of aromatic hydroxyl groups is 1. The number of benzene rings is 1. The molecule has 0 saturated heterocycles. The van der Waals surface area contributed by atoms with Crippen molar-refractivity contribution in [3.05, 3.63) is 30.0 Å². The van der Waals surface area contributed by atoms with Crippen LogP contribution in [0.2, 0.25) is 0 Å². The molecule has 1 aromatic carbocycles. The van der Waals surface area contributed by atoms with E-state index in [4.69, 9.17) is 0 Å². The second-order valence-electron chi connectivity index (χ2n) is 5.36. The fourth-order valence-electron chi connectivity index (χ4n) is 2.25. The number of rotatable bonds is 4. The standard InChI is InChI=1S/C15H22N2O/c1-10(2)16-8-12-9-17(11(3)4)13-6-5-7-14(18)15(12)13/h5-7,9-11,16,18H,8H2,1-4H3. The molecule has 0 aliphatic rings. The van der Waals surface area contributed by atoms with Crippen LogP contribution in [0.25, 0.3) is 10.9 Å². The molecule has 2 aromatic rings. The third-order valence-electron chi connectivity index (χ3n) is 3.17. The van der Waals surface area contributed by atoms with Crippen molar-refractivity contribution in [2.75, 3.05) is 0 Å². The molecule has 2 rings (SSSR count). The van der Waals surface area contributed by atoms with E-state index in [1.807, 2.05) is 6.07 Å². The Balaban J connectivity index is 2.52. The SMILES string of the molecule is CC(C)NCc1cn(C(C)C)c2cccc(O)c12. The molecule has 3 heteroatoms. The molecular weight excluding hydrogens is 224 g/mol. The lowest BCUT2D eigenvalue weighted by molar-refractivity contribution is 0.481. The summed E-state index contributed by atoms with van der Waals surface area (Å²) in [6.07, 6.45) is 2.14. The molecule has 18 heavy (non-hydrogen) atoms. The van der Waals surface area contributed by atoms with Crippen LogP contribution in [0.1, 0.15) is 39.3 Å². The molecule has 0 aliphatic carbocycles. The van der Waals surface area contributed by atoms with Crippen molar-refractivity contribution in [2.45, 2.75) is 46.3 Å². The van der Waals surface area contributed by atoms with Gasteiger partial charge in [-0.05, 0) is 31.5 Å². The molecule has 0 amide bonds. The first-order chi connectivity index (χ1) is 8.50. The molecule has 0 bridgehead atoms. The summed E-state index contributed by atoms with van der Waals surface area (Å²) in [6.45, 7) is 9.35. The van der Waals surface area contributed by atoms with Gasteiger partial charge >= 0.3 is 0 Å². The summed E-state index contributed by atoms with van der Waals surface area (Å²) in [4.78, 5) is 0. The normalized spacial score (nSPS) is 11.9.